The molecule has 0 radical (unpaired) electrons. The lowest BCUT2D eigenvalue weighted by Gasteiger charge is -2.29. The maximum absolute atomic E-state index is 2.49. The molecule has 294 valence electrons. The molecular formula is C57H50N2S. The van der Waals surface area contributed by atoms with E-state index in [4.69, 9.17) is 0 Å². The Kier molecular flexibility index (Phi) is 10.4. The van der Waals surface area contributed by atoms with Gasteiger partial charge in [-0.05, 0) is 136 Å². The average Bonchev–Trinajstić information content (AvgIpc) is 3.45. The van der Waals surface area contributed by atoms with Crippen molar-refractivity contribution in [1.82, 2.24) is 0 Å². The molecule has 1 unspecified atom stereocenters. The molecule has 60 heavy (non-hydrogen) atoms. The highest BCUT2D eigenvalue weighted by Crippen LogP contribution is 2.50. The van der Waals surface area contributed by atoms with Crippen LogP contribution >= 0.6 is 11.8 Å². The summed E-state index contributed by atoms with van der Waals surface area (Å²) in [6, 6.07) is 63.2. The van der Waals surface area contributed by atoms with Gasteiger partial charge in [-0.2, -0.15) is 0 Å². The lowest BCUT2D eigenvalue weighted by atomic mass is 9.96. The second-order valence-electron chi connectivity index (χ2n) is 16.3. The largest absolute Gasteiger partial charge is 0.309 e. The summed E-state index contributed by atoms with van der Waals surface area (Å²) in [5.41, 5.74) is 19.3. The molecule has 2 nitrogen and oxygen atoms in total. The Balaban J connectivity index is 0.982. The summed E-state index contributed by atoms with van der Waals surface area (Å²) < 4.78 is 0. The van der Waals surface area contributed by atoms with Gasteiger partial charge in [0.05, 0.1) is 11.4 Å². The quantitative estimate of drug-likeness (QED) is 0.0773. The van der Waals surface area contributed by atoms with Crippen molar-refractivity contribution < 1.29 is 0 Å². The summed E-state index contributed by atoms with van der Waals surface area (Å²) in [6.07, 6.45) is 9.08. The van der Waals surface area contributed by atoms with E-state index in [-0.39, 0.29) is 5.92 Å². The summed E-state index contributed by atoms with van der Waals surface area (Å²) in [7, 11) is 0. The van der Waals surface area contributed by atoms with Crippen molar-refractivity contribution in [1.29, 1.82) is 0 Å². The number of rotatable bonds is 10. The molecule has 0 N–H and O–H groups in total. The summed E-state index contributed by atoms with van der Waals surface area (Å²) in [5.74, 6) is 1.39. The first-order valence-corrected chi connectivity index (χ1v) is 22.6. The normalized spacial score (nSPS) is 14.1. The second kappa shape index (κ2) is 16.4. The standard InChI is InChI=1S/C57H50N2S/c1-4-5-36-60-57-27-13-12-25-56(57)58(52-22-9-6-16-39(52)2)45-33-35-48-47-34-29-41(37-50(47)40(3)51(48)38-45)28-30-42-19-14-21-49-46(42)20-15-26-55(49)59-53-23-10-7-17-43(53)31-32-44-18-8-11-24-54(44)59/h6-30,33-35,37-38,40H,4-5,31-32,36H2,1-3H3/b30-28+. The van der Waals surface area contributed by atoms with Crippen molar-refractivity contribution in [2.75, 3.05) is 15.6 Å². The molecule has 8 aromatic carbocycles. The number of thioether (sulfide) groups is 1. The summed E-state index contributed by atoms with van der Waals surface area (Å²) in [5, 5.41) is 2.50. The number of nitrogens with zero attached hydrogens (tertiary/aromatic N) is 2. The molecule has 10 rings (SSSR count). The predicted molar refractivity (Wildman–Crippen MR) is 259 cm³/mol. The van der Waals surface area contributed by atoms with Crippen LogP contribution in [-0.4, -0.2) is 5.75 Å². The Hall–Kier alpha value is -6.29. The van der Waals surface area contributed by atoms with Crippen LogP contribution in [0.2, 0.25) is 0 Å². The van der Waals surface area contributed by atoms with E-state index in [1.807, 2.05) is 11.8 Å². The van der Waals surface area contributed by atoms with Gasteiger partial charge in [0.1, 0.15) is 0 Å². The molecule has 3 heteroatoms. The zero-order valence-corrected chi connectivity index (χ0v) is 35.6. The molecule has 0 saturated carbocycles. The van der Waals surface area contributed by atoms with Crippen LogP contribution in [0.5, 0.6) is 0 Å². The molecule has 0 fully saturated rings. The highest BCUT2D eigenvalue weighted by Gasteiger charge is 2.28. The summed E-state index contributed by atoms with van der Waals surface area (Å²) in [4.78, 5) is 6.29. The topological polar surface area (TPSA) is 6.48 Å². The Morgan fingerprint density at radius 1 is 0.600 bits per heavy atom. The van der Waals surface area contributed by atoms with Crippen LogP contribution in [0.1, 0.15) is 71.6 Å². The Morgan fingerprint density at radius 3 is 2.00 bits per heavy atom. The van der Waals surface area contributed by atoms with Crippen molar-refractivity contribution in [2.45, 2.75) is 57.3 Å². The zero-order chi connectivity index (χ0) is 40.6. The number of para-hydroxylation sites is 4. The lowest BCUT2D eigenvalue weighted by Crippen LogP contribution is -2.13. The molecule has 0 amide bonds. The number of unbranched alkanes of at least 4 members (excludes halogenated alkanes) is 1. The van der Waals surface area contributed by atoms with E-state index in [0.717, 1.165) is 18.6 Å². The number of benzene rings is 8. The fraction of sp³-hybridized carbons (Fsp3) is 0.158. The van der Waals surface area contributed by atoms with E-state index >= 15 is 0 Å². The SMILES string of the molecule is CCCCSc1ccccc1N(c1ccc2c(c1)C(C)c1cc(/C=C/c3cccc4c(N5c6ccccc6CCc6ccccc65)cccc34)ccc1-2)c1ccccc1C. The Morgan fingerprint density at radius 2 is 1.23 bits per heavy atom. The summed E-state index contributed by atoms with van der Waals surface area (Å²) in [6.45, 7) is 6.87. The van der Waals surface area contributed by atoms with E-state index in [1.165, 1.54) is 113 Å². The van der Waals surface area contributed by atoms with Gasteiger partial charge in [-0.1, -0.05) is 154 Å². The van der Waals surface area contributed by atoms with Gasteiger partial charge >= 0.3 is 0 Å². The molecule has 1 aliphatic carbocycles. The minimum absolute atomic E-state index is 0.274. The number of hydrogen-bond donors (Lipinski definition) is 0. The third-order valence-electron chi connectivity index (χ3n) is 12.6. The molecule has 0 spiro atoms. The van der Waals surface area contributed by atoms with Gasteiger partial charge < -0.3 is 9.80 Å². The lowest BCUT2D eigenvalue weighted by molar-refractivity contribution is 0.896. The van der Waals surface area contributed by atoms with Gasteiger partial charge in [0, 0.05) is 38.9 Å². The highest BCUT2D eigenvalue weighted by molar-refractivity contribution is 7.99. The molecular weight excluding hydrogens is 745 g/mol. The van der Waals surface area contributed by atoms with Crippen LogP contribution in [0.25, 0.3) is 34.1 Å². The summed E-state index contributed by atoms with van der Waals surface area (Å²) >= 11 is 1.97. The van der Waals surface area contributed by atoms with Crippen LogP contribution < -0.4 is 9.80 Å². The van der Waals surface area contributed by atoms with E-state index in [0.29, 0.717) is 0 Å². The van der Waals surface area contributed by atoms with E-state index in [1.54, 1.807) is 0 Å². The first kappa shape index (κ1) is 37.9. The monoisotopic (exact) mass is 794 g/mol. The molecule has 2 aliphatic rings. The first-order valence-electron chi connectivity index (χ1n) is 21.6. The minimum atomic E-state index is 0.274. The third kappa shape index (κ3) is 6.91. The maximum Gasteiger partial charge on any atom is 0.0597 e. The first-order chi connectivity index (χ1) is 29.6. The van der Waals surface area contributed by atoms with Crippen molar-refractivity contribution in [3.63, 3.8) is 0 Å². The van der Waals surface area contributed by atoms with E-state index in [9.17, 15) is 0 Å². The van der Waals surface area contributed by atoms with Gasteiger partial charge in [0.2, 0.25) is 0 Å². The van der Waals surface area contributed by atoms with Crippen LogP contribution in [0.15, 0.2) is 175 Å². The molecule has 0 aromatic heterocycles. The average molecular weight is 795 g/mol. The number of aryl methyl sites for hydroxylation is 3. The number of hydrogen-bond acceptors (Lipinski definition) is 3. The van der Waals surface area contributed by atoms with E-state index in [2.05, 4.69) is 213 Å². The molecule has 1 heterocycles. The fourth-order valence-electron chi connectivity index (χ4n) is 9.44. The van der Waals surface area contributed by atoms with Gasteiger partial charge in [0.25, 0.3) is 0 Å². The number of fused-ring (bicyclic) bond motifs is 6. The van der Waals surface area contributed by atoms with Crippen molar-refractivity contribution in [2.24, 2.45) is 0 Å². The zero-order valence-electron chi connectivity index (χ0n) is 34.7. The molecule has 0 bridgehead atoms. The van der Waals surface area contributed by atoms with Gasteiger partial charge in [-0.3, -0.25) is 0 Å². The fourth-order valence-corrected chi connectivity index (χ4v) is 10.6. The van der Waals surface area contributed by atoms with Gasteiger partial charge in [0.15, 0.2) is 0 Å². The van der Waals surface area contributed by atoms with Crippen LogP contribution in [-0.2, 0) is 12.8 Å². The predicted octanol–water partition coefficient (Wildman–Crippen LogP) is 16.4. The maximum atomic E-state index is 2.49. The Bertz CT molecular complexity index is 2860. The highest BCUT2D eigenvalue weighted by atomic mass is 32.2. The van der Waals surface area contributed by atoms with E-state index < -0.39 is 0 Å². The van der Waals surface area contributed by atoms with Gasteiger partial charge in [-0.25, -0.2) is 0 Å². The second-order valence-corrected chi connectivity index (χ2v) is 17.4. The van der Waals surface area contributed by atoms with Crippen molar-refractivity contribution in [3.05, 3.63) is 209 Å². The molecule has 1 atom stereocenters. The minimum Gasteiger partial charge on any atom is -0.309 e. The third-order valence-corrected chi connectivity index (χ3v) is 13.7. The smallest absolute Gasteiger partial charge is 0.0597 e. The van der Waals surface area contributed by atoms with Crippen molar-refractivity contribution in [3.8, 4) is 11.1 Å². The van der Waals surface area contributed by atoms with Crippen LogP contribution in [0.4, 0.5) is 34.1 Å². The van der Waals surface area contributed by atoms with Crippen molar-refractivity contribution >= 4 is 68.8 Å². The number of anilines is 6. The molecule has 8 aromatic rings. The Labute approximate surface area is 359 Å². The molecule has 1 aliphatic heterocycles. The molecule has 0 saturated heterocycles. The van der Waals surface area contributed by atoms with Gasteiger partial charge in [-0.15, -0.1) is 11.8 Å². The van der Waals surface area contributed by atoms with Crippen LogP contribution in [0, 0.1) is 6.92 Å². The van der Waals surface area contributed by atoms with Crippen LogP contribution in [0.3, 0.4) is 0 Å².